The summed E-state index contributed by atoms with van der Waals surface area (Å²) >= 11 is 0. The van der Waals surface area contributed by atoms with Crippen LogP contribution in [0.1, 0.15) is 5.56 Å². The number of carbonyl (C=O) groups is 1. The molecular formula is C12H10O6S. The van der Waals surface area contributed by atoms with E-state index in [1.807, 2.05) is 0 Å². The molecule has 0 heterocycles. The summed E-state index contributed by atoms with van der Waals surface area (Å²) in [5, 5.41) is 19.0. The van der Waals surface area contributed by atoms with Crippen LogP contribution in [0.15, 0.2) is 35.2 Å². The highest BCUT2D eigenvalue weighted by Crippen LogP contribution is 2.33. The molecule has 0 amide bonds. The number of hydrogen-bond acceptors (Lipinski definition) is 4. The van der Waals surface area contributed by atoms with E-state index < -0.39 is 33.2 Å². The SMILES string of the molecule is O=C(O)Cc1c(O)cc(S(=O)(=O)O)c2ccccc12. The number of phenolic OH excluding ortho intramolecular Hbond substituents is 1. The Hall–Kier alpha value is -2.12. The topological polar surface area (TPSA) is 112 Å². The molecule has 0 aromatic heterocycles. The number of aliphatic carboxylic acids is 1. The summed E-state index contributed by atoms with van der Waals surface area (Å²) in [5.74, 6) is -1.63. The third-order valence-corrected chi connectivity index (χ3v) is 3.59. The molecule has 0 radical (unpaired) electrons. The molecule has 7 heteroatoms. The van der Waals surface area contributed by atoms with Gasteiger partial charge in [-0.15, -0.1) is 0 Å². The maximum absolute atomic E-state index is 11.3. The van der Waals surface area contributed by atoms with E-state index in [-0.39, 0.29) is 16.3 Å². The van der Waals surface area contributed by atoms with Crippen LogP contribution in [-0.4, -0.2) is 29.2 Å². The highest BCUT2D eigenvalue weighted by Gasteiger charge is 2.20. The van der Waals surface area contributed by atoms with E-state index in [4.69, 9.17) is 9.66 Å². The minimum absolute atomic E-state index is 0.107. The molecule has 19 heavy (non-hydrogen) atoms. The van der Waals surface area contributed by atoms with Crippen molar-refractivity contribution in [3.63, 3.8) is 0 Å². The molecule has 6 nitrogen and oxygen atoms in total. The molecule has 0 saturated carbocycles. The van der Waals surface area contributed by atoms with E-state index in [0.717, 1.165) is 6.07 Å². The van der Waals surface area contributed by atoms with E-state index in [9.17, 15) is 18.3 Å². The molecule has 3 N–H and O–H groups in total. The Bertz CT molecular complexity index is 763. The number of carboxylic acid groups (broad SMARTS) is 1. The molecule has 2 rings (SSSR count). The van der Waals surface area contributed by atoms with Crippen molar-refractivity contribution in [1.82, 2.24) is 0 Å². The van der Waals surface area contributed by atoms with Crippen LogP contribution in [0.25, 0.3) is 10.8 Å². The molecule has 0 saturated heterocycles. The van der Waals surface area contributed by atoms with Gasteiger partial charge in [-0.3, -0.25) is 9.35 Å². The number of aromatic hydroxyl groups is 1. The Morgan fingerprint density at radius 1 is 1.16 bits per heavy atom. The molecule has 0 aliphatic carbocycles. The number of phenols is 1. The van der Waals surface area contributed by atoms with Crippen molar-refractivity contribution in [3.05, 3.63) is 35.9 Å². The molecule has 0 aliphatic rings. The van der Waals surface area contributed by atoms with Crippen molar-refractivity contribution < 1.29 is 28.0 Å². The Balaban J connectivity index is 2.89. The van der Waals surface area contributed by atoms with Gasteiger partial charge in [-0.25, -0.2) is 0 Å². The largest absolute Gasteiger partial charge is 0.508 e. The summed E-state index contributed by atoms with van der Waals surface area (Å²) in [6.45, 7) is 0. The van der Waals surface area contributed by atoms with Gasteiger partial charge in [-0.05, 0) is 5.39 Å². The Kier molecular flexibility index (Phi) is 3.17. The van der Waals surface area contributed by atoms with Gasteiger partial charge in [-0.2, -0.15) is 8.42 Å². The van der Waals surface area contributed by atoms with E-state index in [2.05, 4.69) is 0 Å². The van der Waals surface area contributed by atoms with Crippen LogP contribution < -0.4 is 0 Å². The zero-order valence-corrected chi connectivity index (χ0v) is 10.4. The first-order chi connectivity index (χ1) is 8.80. The standard InChI is InChI=1S/C12H10O6S/c13-10-6-11(19(16,17)18)8-4-2-1-3-7(8)9(10)5-12(14)15/h1-4,6,13H,5H2,(H,14,15)(H,16,17,18). The third kappa shape index (κ3) is 2.51. The maximum Gasteiger partial charge on any atom is 0.307 e. The minimum Gasteiger partial charge on any atom is -0.508 e. The second-order valence-electron chi connectivity index (χ2n) is 3.96. The van der Waals surface area contributed by atoms with E-state index in [0.29, 0.717) is 0 Å². The summed E-state index contributed by atoms with van der Waals surface area (Å²) < 4.78 is 31.7. The van der Waals surface area contributed by atoms with Crippen LogP contribution in [0.2, 0.25) is 0 Å². The monoisotopic (exact) mass is 282 g/mol. The van der Waals surface area contributed by atoms with Crippen LogP contribution in [0.4, 0.5) is 0 Å². The highest BCUT2D eigenvalue weighted by molar-refractivity contribution is 7.86. The van der Waals surface area contributed by atoms with Crippen molar-refractivity contribution in [1.29, 1.82) is 0 Å². The minimum atomic E-state index is -4.50. The second-order valence-corrected chi connectivity index (χ2v) is 5.35. The summed E-state index contributed by atoms with van der Waals surface area (Å²) in [6, 6.07) is 6.92. The number of benzene rings is 2. The van der Waals surface area contributed by atoms with Gasteiger partial charge in [-0.1, -0.05) is 24.3 Å². The molecule has 0 spiro atoms. The lowest BCUT2D eigenvalue weighted by Crippen LogP contribution is -2.04. The fourth-order valence-corrected chi connectivity index (χ4v) is 2.66. The van der Waals surface area contributed by atoms with Crippen LogP contribution >= 0.6 is 0 Å². The Morgan fingerprint density at radius 2 is 1.74 bits per heavy atom. The Morgan fingerprint density at radius 3 is 2.26 bits per heavy atom. The number of fused-ring (bicyclic) bond motifs is 1. The zero-order valence-electron chi connectivity index (χ0n) is 9.57. The van der Waals surface area contributed by atoms with Gasteiger partial charge in [0.1, 0.15) is 10.6 Å². The lowest BCUT2D eigenvalue weighted by Gasteiger charge is -2.10. The molecule has 0 atom stereocenters. The average molecular weight is 282 g/mol. The molecule has 0 bridgehead atoms. The normalized spacial score (nSPS) is 11.6. The fraction of sp³-hybridized carbons (Fsp3) is 0.0833. The third-order valence-electron chi connectivity index (χ3n) is 2.70. The average Bonchev–Trinajstić information content (AvgIpc) is 2.30. The van der Waals surface area contributed by atoms with Crippen molar-refractivity contribution >= 4 is 26.9 Å². The first-order valence-electron chi connectivity index (χ1n) is 5.23. The number of rotatable bonds is 3. The summed E-state index contributed by atoms with van der Waals surface area (Å²) in [6.07, 6.45) is -0.446. The van der Waals surface area contributed by atoms with E-state index >= 15 is 0 Å². The van der Waals surface area contributed by atoms with Crippen molar-refractivity contribution in [2.75, 3.05) is 0 Å². The van der Waals surface area contributed by atoms with Crippen LogP contribution in [0, 0.1) is 0 Å². The predicted molar refractivity (Wildman–Crippen MR) is 66.8 cm³/mol. The molecule has 0 fully saturated rings. The van der Waals surface area contributed by atoms with Gasteiger partial charge in [0.05, 0.1) is 6.42 Å². The second kappa shape index (κ2) is 4.52. The summed E-state index contributed by atoms with van der Waals surface area (Å²) in [4.78, 5) is 10.3. The van der Waals surface area contributed by atoms with Crippen molar-refractivity contribution in [2.45, 2.75) is 11.3 Å². The van der Waals surface area contributed by atoms with Gasteiger partial charge in [0, 0.05) is 17.0 Å². The van der Waals surface area contributed by atoms with Gasteiger partial charge >= 0.3 is 5.97 Å². The molecule has 0 unspecified atom stereocenters. The lowest BCUT2D eigenvalue weighted by atomic mass is 10.0. The van der Waals surface area contributed by atoms with Gasteiger partial charge < -0.3 is 10.2 Å². The van der Waals surface area contributed by atoms with Crippen LogP contribution in [0.5, 0.6) is 5.75 Å². The summed E-state index contributed by atoms with van der Waals surface area (Å²) in [7, 11) is -4.50. The van der Waals surface area contributed by atoms with E-state index in [1.54, 1.807) is 12.1 Å². The first kappa shape index (κ1) is 13.3. The van der Waals surface area contributed by atoms with Crippen LogP contribution in [-0.2, 0) is 21.3 Å². The van der Waals surface area contributed by atoms with Crippen molar-refractivity contribution in [3.8, 4) is 5.75 Å². The van der Waals surface area contributed by atoms with E-state index in [1.165, 1.54) is 12.1 Å². The first-order valence-corrected chi connectivity index (χ1v) is 6.67. The van der Waals surface area contributed by atoms with Gasteiger partial charge in [0.2, 0.25) is 0 Å². The van der Waals surface area contributed by atoms with Crippen LogP contribution in [0.3, 0.4) is 0 Å². The highest BCUT2D eigenvalue weighted by atomic mass is 32.2. The lowest BCUT2D eigenvalue weighted by molar-refractivity contribution is -0.136. The predicted octanol–water partition coefficient (Wildman–Crippen LogP) is 1.42. The zero-order chi connectivity index (χ0) is 14.2. The summed E-state index contributed by atoms with van der Waals surface area (Å²) in [5.41, 5.74) is 0.107. The maximum atomic E-state index is 11.3. The molecule has 100 valence electrons. The smallest absolute Gasteiger partial charge is 0.307 e. The molecule has 2 aromatic carbocycles. The molecule has 0 aliphatic heterocycles. The van der Waals surface area contributed by atoms with Gasteiger partial charge in [0.25, 0.3) is 10.1 Å². The number of carboxylic acids is 1. The molecule has 2 aromatic rings. The van der Waals surface area contributed by atoms with Gasteiger partial charge in [0.15, 0.2) is 0 Å². The quantitative estimate of drug-likeness (QED) is 0.734. The van der Waals surface area contributed by atoms with Crippen molar-refractivity contribution in [2.24, 2.45) is 0 Å². The Labute approximate surface area is 108 Å². The fourth-order valence-electron chi connectivity index (χ4n) is 1.94. The number of hydrogen-bond donors (Lipinski definition) is 3. The molecular weight excluding hydrogens is 272 g/mol.